The maximum Gasteiger partial charge on any atom is 0.337 e. The zero-order chi connectivity index (χ0) is 19.2. The molecule has 0 atom stereocenters. The van der Waals surface area contributed by atoms with Gasteiger partial charge in [0.05, 0.1) is 10.6 Å². The van der Waals surface area contributed by atoms with E-state index in [1.807, 2.05) is 48.5 Å². The third-order valence-corrected chi connectivity index (χ3v) is 4.65. The molecule has 0 spiro atoms. The highest BCUT2D eigenvalue weighted by molar-refractivity contribution is 6.33. The zero-order valence-corrected chi connectivity index (χ0v) is 15.8. The minimum Gasteiger partial charge on any atom is -0.489 e. The van der Waals surface area contributed by atoms with E-state index in [1.54, 1.807) is 12.1 Å². The molecule has 0 aliphatic heterocycles. The Balaban J connectivity index is 1.55. The first-order valence-corrected chi connectivity index (χ1v) is 9.00. The molecule has 0 aliphatic rings. The van der Waals surface area contributed by atoms with Gasteiger partial charge in [0, 0.05) is 22.8 Å². The summed E-state index contributed by atoms with van der Waals surface area (Å²) in [5.74, 6) is -0.286. The van der Waals surface area contributed by atoms with E-state index in [0.717, 1.165) is 22.6 Å². The highest BCUT2D eigenvalue weighted by Gasteiger charge is 2.08. The van der Waals surface area contributed by atoms with Crippen LogP contribution >= 0.6 is 23.2 Å². The number of rotatable bonds is 7. The van der Waals surface area contributed by atoms with Crippen molar-refractivity contribution in [2.24, 2.45) is 0 Å². The molecule has 3 rings (SSSR count). The third-order valence-electron chi connectivity index (χ3n) is 3.97. The Hall–Kier alpha value is -2.69. The molecule has 4 nitrogen and oxygen atoms in total. The first-order valence-electron chi connectivity index (χ1n) is 8.25. The number of hydrogen-bond acceptors (Lipinski definition) is 3. The second kappa shape index (κ2) is 8.80. The van der Waals surface area contributed by atoms with Crippen molar-refractivity contribution < 1.29 is 14.6 Å². The van der Waals surface area contributed by atoms with Crippen molar-refractivity contribution >= 4 is 34.9 Å². The summed E-state index contributed by atoms with van der Waals surface area (Å²) in [6.07, 6.45) is 0. The Bertz CT molecular complexity index is 942. The molecular weight excluding hydrogens is 385 g/mol. The topological polar surface area (TPSA) is 58.6 Å². The molecular formula is C21H17Cl2NO3. The molecule has 6 heteroatoms. The fraction of sp³-hybridized carbons (Fsp3) is 0.0952. The highest BCUT2D eigenvalue weighted by atomic mass is 35.5. The SMILES string of the molecule is O=C(O)c1ccc(NCc2ccc(OCc3ccccc3Cl)cc2)cc1Cl. The number of nitrogens with one attached hydrogen (secondary N) is 1. The Morgan fingerprint density at radius 2 is 1.70 bits per heavy atom. The predicted molar refractivity (Wildman–Crippen MR) is 108 cm³/mol. The maximum absolute atomic E-state index is 11.0. The van der Waals surface area contributed by atoms with E-state index in [9.17, 15) is 4.79 Å². The molecule has 0 radical (unpaired) electrons. The fourth-order valence-electron chi connectivity index (χ4n) is 2.48. The van der Waals surface area contributed by atoms with Crippen molar-refractivity contribution in [3.05, 3.63) is 93.5 Å². The van der Waals surface area contributed by atoms with Crippen LogP contribution in [0.2, 0.25) is 10.0 Å². The van der Waals surface area contributed by atoms with Gasteiger partial charge in [0.25, 0.3) is 0 Å². The Morgan fingerprint density at radius 3 is 2.37 bits per heavy atom. The monoisotopic (exact) mass is 401 g/mol. The molecule has 0 saturated carbocycles. The van der Waals surface area contributed by atoms with Crippen molar-refractivity contribution in [2.75, 3.05) is 5.32 Å². The van der Waals surface area contributed by atoms with Gasteiger partial charge in [-0.25, -0.2) is 4.79 Å². The molecule has 0 unspecified atom stereocenters. The van der Waals surface area contributed by atoms with E-state index < -0.39 is 5.97 Å². The largest absolute Gasteiger partial charge is 0.489 e. The second-order valence-corrected chi connectivity index (χ2v) is 6.69. The lowest BCUT2D eigenvalue weighted by Crippen LogP contribution is -2.02. The smallest absolute Gasteiger partial charge is 0.337 e. The van der Waals surface area contributed by atoms with Crippen LogP contribution in [0.15, 0.2) is 66.7 Å². The minimum absolute atomic E-state index is 0.0854. The number of anilines is 1. The van der Waals surface area contributed by atoms with Crippen LogP contribution < -0.4 is 10.1 Å². The summed E-state index contributed by atoms with van der Waals surface area (Å²) < 4.78 is 5.76. The van der Waals surface area contributed by atoms with Crippen molar-refractivity contribution in [1.82, 2.24) is 0 Å². The van der Waals surface area contributed by atoms with E-state index in [0.29, 0.717) is 18.2 Å². The van der Waals surface area contributed by atoms with E-state index in [4.69, 9.17) is 33.0 Å². The van der Waals surface area contributed by atoms with Crippen molar-refractivity contribution in [3.63, 3.8) is 0 Å². The van der Waals surface area contributed by atoms with Crippen LogP contribution in [-0.2, 0) is 13.2 Å². The number of benzene rings is 3. The Morgan fingerprint density at radius 1 is 0.963 bits per heavy atom. The van der Waals surface area contributed by atoms with E-state index in [-0.39, 0.29) is 10.6 Å². The van der Waals surface area contributed by atoms with Crippen molar-refractivity contribution in [1.29, 1.82) is 0 Å². The summed E-state index contributed by atoms with van der Waals surface area (Å²) in [4.78, 5) is 11.0. The second-order valence-electron chi connectivity index (χ2n) is 5.88. The summed E-state index contributed by atoms with van der Waals surface area (Å²) in [5.41, 5.74) is 2.83. The van der Waals surface area contributed by atoms with Crippen LogP contribution in [0.1, 0.15) is 21.5 Å². The molecule has 138 valence electrons. The number of carboxylic acids is 1. The molecule has 27 heavy (non-hydrogen) atoms. The quantitative estimate of drug-likeness (QED) is 0.518. The van der Waals surface area contributed by atoms with Crippen molar-refractivity contribution in [3.8, 4) is 5.75 Å². The van der Waals surface area contributed by atoms with Gasteiger partial charge in [-0.15, -0.1) is 0 Å². The number of ether oxygens (including phenoxy) is 1. The lowest BCUT2D eigenvalue weighted by atomic mass is 10.2. The molecule has 3 aromatic rings. The average Bonchev–Trinajstić information content (AvgIpc) is 2.66. The van der Waals surface area contributed by atoms with Gasteiger partial charge < -0.3 is 15.2 Å². The van der Waals surface area contributed by atoms with Gasteiger partial charge in [-0.2, -0.15) is 0 Å². The van der Waals surface area contributed by atoms with E-state index in [1.165, 1.54) is 6.07 Å². The number of hydrogen-bond donors (Lipinski definition) is 2. The van der Waals surface area contributed by atoms with Gasteiger partial charge in [0.1, 0.15) is 12.4 Å². The van der Waals surface area contributed by atoms with Gasteiger partial charge in [-0.05, 0) is 42.0 Å². The summed E-state index contributed by atoms with van der Waals surface area (Å²) in [6.45, 7) is 0.985. The lowest BCUT2D eigenvalue weighted by Gasteiger charge is -2.10. The first kappa shape index (κ1) is 19.1. The van der Waals surface area contributed by atoms with Crippen LogP contribution in [0, 0.1) is 0 Å². The molecule has 0 aromatic heterocycles. The normalized spacial score (nSPS) is 10.4. The predicted octanol–water partition coefficient (Wildman–Crippen LogP) is 5.88. The summed E-state index contributed by atoms with van der Waals surface area (Å²) in [6, 6.07) is 20.1. The molecule has 0 amide bonds. The van der Waals surface area contributed by atoms with Gasteiger partial charge in [-0.3, -0.25) is 0 Å². The van der Waals surface area contributed by atoms with E-state index >= 15 is 0 Å². The number of aromatic carboxylic acids is 1. The standard InChI is InChI=1S/C21H17Cl2NO3/c22-19-4-2-1-3-15(19)13-27-17-8-5-14(6-9-17)12-24-16-7-10-18(21(25)26)20(23)11-16/h1-11,24H,12-13H2,(H,25,26). The van der Waals surface area contributed by atoms with Gasteiger partial charge >= 0.3 is 5.97 Å². The molecule has 3 aromatic carbocycles. The number of carbonyl (C=O) groups is 1. The molecule has 0 bridgehead atoms. The van der Waals surface area contributed by atoms with E-state index in [2.05, 4.69) is 5.32 Å². The van der Waals surface area contributed by atoms with Crippen LogP contribution in [-0.4, -0.2) is 11.1 Å². The summed E-state index contributed by atoms with van der Waals surface area (Å²) in [7, 11) is 0. The fourth-order valence-corrected chi connectivity index (χ4v) is 2.93. The molecule has 0 saturated heterocycles. The maximum atomic E-state index is 11.0. The molecule has 0 aliphatic carbocycles. The molecule has 0 fully saturated rings. The third kappa shape index (κ3) is 5.16. The Labute approximate surface area is 167 Å². The Kier molecular flexibility index (Phi) is 6.22. The lowest BCUT2D eigenvalue weighted by molar-refractivity contribution is 0.0697. The number of halogens is 2. The van der Waals surface area contributed by atoms with Crippen LogP contribution in [0.3, 0.4) is 0 Å². The average molecular weight is 402 g/mol. The minimum atomic E-state index is -1.04. The van der Waals surface area contributed by atoms with Crippen LogP contribution in [0.4, 0.5) is 5.69 Å². The van der Waals surface area contributed by atoms with Crippen LogP contribution in [0.25, 0.3) is 0 Å². The zero-order valence-electron chi connectivity index (χ0n) is 14.3. The van der Waals surface area contributed by atoms with Gasteiger partial charge in [0.2, 0.25) is 0 Å². The van der Waals surface area contributed by atoms with Crippen LogP contribution in [0.5, 0.6) is 5.75 Å². The van der Waals surface area contributed by atoms with Crippen molar-refractivity contribution in [2.45, 2.75) is 13.2 Å². The number of carboxylic acid groups (broad SMARTS) is 1. The first-order chi connectivity index (χ1) is 13.0. The summed E-state index contributed by atoms with van der Waals surface area (Å²) in [5, 5.41) is 13.1. The molecule has 0 heterocycles. The highest BCUT2D eigenvalue weighted by Crippen LogP contribution is 2.22. The molecule has 2 N–H and O–H groups in total. The van der Waals surface area contributed by atoms with Gasteiger partial charge in [0.15, 0.2) is 0 Å². The summed E-state index contributed by atoms with van der Waals surface area (Å²) >= 11 is 12.1. The van der Waals surface area contributed by atoms with Gasteiger partial charge in [-0.1, -0.05) is 53.5 Å².